The summed E-state index contributed by atoms with van der Waals surface area (Å²) >= 11 is 0. The number of amides is 4. The first-order chi connectivity index (χ1) is 14.7. The molecule has 0 aromatic rings. The predicted octanol–water partition coefficient (Wildman–Crippen LogP) is 1.59. The van der Waals surface area contributed by atoms with Crippen molar-refractivity contribution in [2.24, 2.45) is 11.8 Å². The molecule has 4 amide bonds. The molecule has 0 radical (unpaired) electrons. The van der Waals surface area contributed by atoms with Gasteiger partial charge in [0.2, 0.25) is 23.6 Å². The standard InChI is InChI=1S/C23H40N4O4/c1-18(2)17-19(23(31)25(4)14-16-27-12-6-8-22(27)30)9-10-20(28)24(3)13-15-26-11-5-7-21(26)29/h18-19H,5-17H2,1-4H3. The molecule has 2 aliphatic heterocycles. The molecule has 1 atom stereocenters. The van der Waals surface area contributed by atoms with E-state index in [-0.39, 0.29) is 29.5 Å². The third kappa shape index (κ3) is 7.82. The van der Waals surface area contributed by atoms with Crippen LogP contribution in [0.4, 0.5) is 0 Å². The summed E-state index contributed by atoms with van der Waals surface area (Å²) < 4.78 is 0. The summed E-state index contributed by atoms with van der Waals surface area (Å²) in [5.41, 5.74) is 0. The molecule has 8 heteroatoms. The number of rotatable bonds is 12. The summed E-state index contributed by atoms with van der Waals surface area (Å²) in [7, 11) is 3.55. The molecule has 2 aliphatic rings. The monoisotopic (exact) mass is 436 g/mol. The van der Waals surface area contributed by atoms with Gasteiger partial charge in [-0.05, 0) is 31.6 Å². The lowest BCUT2D eigenvalue weighted by Crippen LogP contribution is -2.40. The van der Waals surface area contributed by atoms with E-state index < -0.39 is 0 Å². The Morgan fingerprint density at radius 3 is 1.87 bits per heavy atom. The zero-order chi connectivity index (χ0) is 23.0. The zero-order valence-electron chi connectivity index (χ0n) is 19.8. The fraction of sp³-hybridized carbons (Fsp3) is 0.826. The number of hydrogen-bond donors (Lipinski definition) is 0. The molecule has 8 nitrogen and oxygen atoms in total. The molecule has 0 spiro atoms. The van der Waals surface area contributed by atoms with Gasteiger partial charge in [0.25, 0.3) is 0 Å². The number of nitrogens with zero attached hydrogens (tertiary/aromatic N) is 4. The lowest BCUT2D eigenvalue weighted by atomic mass is 9.91. The van der Waals surface area contributed by atoms with Crippen LogP contribution in [0.2, 0.25) is 0 Å². The van der Waals surface area contributed by atoms with E-state index in [0.29, 0.717) is 57.8 Å². The van der Waals surface area contributed by atoms with Crippen molar-refractivity contribution in [3.05, 3.63) is 0 Å². The molecule has 0 aromatic heterocycles. The summed E-state index contributed by atoms with van der Waals surface area (Å²) in [5, 5.41) is 0. The van der Waals surface area contributed by atoms with Crippen molar-refractivity contribution in [3.63, 3.8) is 0 Å². The zero-order valence-corrected chi connectivity index (χ0v) is 19.8. The first kappa shape index (κ1) is 25.1. The van der Waals surface area contributed by atoms with Crippen molar-refractivity contribution >= 4 is 23.6 Å². The number of hydrogen-bond acceptors (Lipinski definition) is 4. The molecule has 2 fully saturated rings. The van der Waals surface area contributed by atoms with Crippen LogP contribution in [0.3, 0.4) is 0 Å². The Morgan fingerprint density at radius 2 is 1.42 bits per heavy atom. The van der Waals surface area contributed by atoms with Crippen LogP contribution >= 0.6 is 0 Å². The van der Waals surface area contributed by atoms with Crippen LogP contribution in [-0.4, -0.2) is 96.6 Å². The SMILES string of the molecule is CC(C)CC(CCC(=O)N(C)CCN1CCCC1=O)C(=O)N(C)CCN1CCCC1=O. The topological polar surface area (TPSA) is 81.2 Å². The average molecular weight is 437 g/mol. The third-order valence-corrected chi connectivity index (χ3v) is 6.37. The van der Waals surface area contributed by atoms with Gasteiger partial charge < -0.3 is 19.6 Å². The van der Waals surface area contributed by atoms with Gasteiger partial charge in [0.1, 0.15) is 0 Å². The van der Waals surface area contributed by atoms with Crippen LogP contribution in [0.25, 0.3) is 0 Å². The Balaban J connectivity index is 1.80. The fourth-order valence-electron chi connectivity index (χ4n) is 4.37. The van der Waals surface area contributed by atoms with Crippen molar-refractivity contribution in [1.29, 1.82) is 0 Å². The molecule has 176 valence electrons. The maximum Gasteiger partial charge on any atom is 0.225 e. The largest absolute Gasteiger partial charge is 0.344 e. The Hall–Kier alpha value is -2.12. The highest BCUT2D eigenvalue weighted by molar-refractivity contribution is 5.81. The summed E-state index contributed by atoms with van der Waals surface area (Å²) in [6.07, 6.45) is 4.60. The lowest BCUT2D eigenvalue weighted by Gasteiger charge is -2.27. The molecular weight excluding hydrogens is 396 g/mol. The van der Waals surface area contributed by atoms with Gasteiger partial charge in [-0.25, -0.2) is 0 Å². The Kier molecular flexibility index (Phi) is 9.78. The summed E-state index contributed by atoms with van der Waals surface area (Å²) in [6, 6.07) is 0. The molecule has 0 saturated carbocycles. The maximum atomic E-state index is 13.0. The lowest BCUT2D eigenvalue weighted by molar-refractivity contribution is -0.137. The minimum atomic E-state index is -0.197. The third-order valence-electron chi connectivity index (χ3n) is 6.37. The number of carbonyl (C=O) groups is 4. The van der Waals surface area contributed by atoms with Gasteiger partial charge in [0.15, 0.2) is 0 Å². The molecule has 0 aliphatic carbocycles. The summed E-state index contributed by atoms with van der Waals surface area (Å²) in [5.74, 6) is 0.566. The van der Waals surface area contributed by atoms with E-state index in [1.54, 1.807) is 23.9 Å². The van der Waals surface area contributed by atoms with Crippen molar-refractivity contribution in [3.8, 4) is 0 Å². The Labute approximate surface area is 186 Å². The first-order valence-corrected chi connectivity index (χ1v) is 11.7. The molecule has 2 rings (SSSR count). The molecule has 0 N–H and O–H groups in total. The normalized spacial score (nSPS) is 17.6. The minimum absolute atomic E-state index is 0.0125. The van der Waals surface area contributed by atoms with Crippen LogP contribution in [0.15, 0.2) is 0 Å². The van der Waals surface area contributed by atoms with Crippen LogP contribution in [0.1, 0.15) is 58.8 Å². The molecule has 0 bridgehead atoms. The summed E-state index contributed by atoms with van der Waals surface area (Å²) in [6.45, 7) is 7.93. The highest BCUT2D eigenvalue weighted by atomic mass is 16.2. The molecular formula is C23H40N4O4. The van der Waals surface area contributed by atoms with Crippen molar-refractivity contribution < 1.29 is 19.2 Å². The molecule has 1 unspecified atom stereocenters. The molecule has 2 saturated heterocycles. The quantitative estimate of drug-likeness (QED) is 0.465. The van der Waals surface area contributed by atoms with Crippen LogP contribution in [0, 0.1) is 11.8 Å². The van der Waals surface area contributed by atoms with Gasteiger partial charge in [-0.3, -0.25) is 19.2 Å². The van der Waals surface area contributed by atoms with Crippen molar-refractivity contribution in [2.75, 3.05) is 53.4 Å². The number of likely N-dealkylation sites (tertiary alicyclic amines) is 2. The minimum Gasteiger partial charge on any atom is -0.344 e. The summed E-state index contributed by atoms with van der Waals surface area (Å²) in [4.78, 5) is 56.2. The first-order valence-electron chi connectivity index (χ1n) is 11.7. The number of likely N-dealkylation sites (N-methyl/N-ethyl adjacent to an activating group) is 2. The van der Waals surface area contributed by atoms with Gasteiger partial charge >= 0.3 is 0 Å². The van der Waals surface area contributed by atoms with E-state index >= 15 is 0 Å². The second-order valence-electron chi connectivity index (χ2n) is 9.41. The van der Waals surface area contributed by atoms with E-state index in [1.165, 1.54) is 0 Å². The van der Waals surface area contributed by atoms with Crippen molar-refractivity contribution in [1.82, 2.24) is 19.6 Å². The molecule has 31 heavy (non-hydrogen) atoms. The second kappa shape index (κ2) is 12.1. The van der Waals surface area contributed by atoms with E-state index in [4.69, 9.17) is 0 Å². The fourth-order valence-corrected chi connectivity index (χ4v) is 4.37. The maximum absolute atomic E-state index is 13.0. The van der Waals surface area contributed by atoms with E-state index in [2.05, 4.69) is 13.8 Å². The van der Waals surface area contributed by atoms with Crippen LogP contribution in [-0.2, 0) is 19.2 Å². The highest BCUT2D eigenvalue weighted by Gasteiger charge is 2.27. The Bertz CT molecular complexity index is 651. The molecule has 0 aromatic carbocycles. The van der Waals surface area contributed by atoms with Gasteiger partial charge in [0.05, 0.1) is 0 Å². The van der Waals surface area contributed by atoms with E-state index in [0.717, 1.165) is 32.4 Å². The molecule has 2 heterocycles. The smallest absolute Gasteiger partial charge is 0.225 e. The van der Waals surface area contributed by atoms with E-state index in [9.17, 15) is 19.2 Å². The highest BCUT2D eigenvalue weighted by Crippen LogP contribution is 2.21. The average Bonchev–Trinajstić information content (AvgIpc) is 3.33. The van der Waals surface area contributed by atoms with Crippen molar-refractivity contribution in [2.45, 2.75) is 58.8 Å². The Morgan fingerprint density at radius 1 is 0.903 bits per heavy atom. The number of carbonyl (C=O) groups excluding carboxylic acids is 4. The van der Waals surface area contributed by atoms with Gasteiger partial charge in [-0.1, -0.05) is 13.8 Å². The van der Waals surface area contributed by atoms with Gasteiger partial charge in [-0.2, -0.15) is 0 Å². The van der Waals surface area contributed by atoms with Gasteiger partial charge in [0, 0.05) is 78.5 Å². The van der Waals surface area contributed by atoms with Crippen LogP contribution < -0.4 is 0 Å². The second-order valence-corrected chi connectivity index (χ2v) is 9.41. The predicted molar refractivity (Wildman–Crippen MR) is 119 cm³/mol. The van der Waals surface area contributed by atoms with Crippen LogP contribution in [0.5, 0.6) is 0 Å². The van der Waals surface area contributed by atoms with E-state index in [1.807, 2.05) is 9.80 Å². The van der Waals surface area contributed by atoms with Gasteiger partial charge in [-0.15, -0.1) is 0 Å².